The van der Waals surface area contributed by atoms with E-state index >= 15 is 0 Å². The molecule has 0 aliphatic rings. The van der Waals surface area contributed by atoms with Gasteiger partial charge in [0, 0.05) is 5.02 Å². The summed E-state index contributed by atoms with van der Waals surface area (Å²) in [7, 11) is 0. The molecule has 0 aromatic heterocycles. The van der Waals surface area contributed by atoms with E-state index < -0.39 is 5.82 Å². The Hall–Kier alpha value is -1.09. The Morgan fingerprint density at radius 1 is 1.16 bits per heavy atom. The Morgan fingerprint density at radius 2 is 1.89 bits per heavy atom. The second-order valence-electron chi connectivity index (χ2n) is 4.19. The van der Waals surface area contributed by atoms with Crippen molar-refractivity contribution in [1.29, 1.82) is 0 Å². The van der Waals surface area contributed by atoms with Crippen LogP contribution in [0.3, 0.4) is 0 Å². The molecule has 2 aromatic carbocycles. The summed E-state index contributed by atoms with van der Waals surface area (Å²) in [5.74, 6) is -0.413. The van der Waals surface area contributed by atoms with Gasteiger partial charge in [0.2, 0.25) is 0 Å². The number of benzene rings is 2. The third-order valence-corrected chi connectivity index (χ3v) is 3.52. The van der Waals surface area contributed by atoms with Gasteiger partial charge in [-0.1, -0.05) is 54.4 Å². The molecule has 100 valence electrons. The van der Waals surface area contributed by atoms with Gasteiger partial charge in [0.05, 0.1) is 11.1 Å². The third-order valence-electron chi connectivity index (χ3n) is 2.88. The van der Waals surface area contributed by atoms with Crippen molar-refractivity contribution in [2.24, 2.45) is 0 Å². The van der Waals surface area contributed by atoms with Crippen LogP contribution in [0.15, 0.2) is 42.5 Å². The second kappa shape index (κ2) is 6.38. The lowest BCUT2D eigenvalue weighted by Gasteiger charge is -2.20. The monoisotopic (exact) mass is 297 g/mol. The number of nitrogens with one attached hydrogen (secondary N) is 1. The van der Waals surface area contributed by atoms with Crippen molar-refractivity contribution in [3.63, 3.8) is 0 Å². The smallest absolute Gasteiger partial charge is 0.142 e. The SMILES string of the molecule is CCNC(c1cccc(Cl)c1)c1cccc(F)c1Cl. The molecule has 19 heavy (non-hydrogen) atoms. The van der Waals surface area contributed by atoms with Crippen LogP contribution < -0.4 is 5.32 Å². The highest BCUT2D eigenvalue weighted by Crippen LogP contribution is 2.31. The molecule has 0 saturated carbocycles. The highest BCUT2D eigenvalue weighted by Gasteiger charge is 2.18. The van der Waals surface area contributed by atoms with Gasteiger partial charge in [0.1, 0.15) is 5.82 Å². The predicted octanol–water partition coefficient (Wildman–Crippen LogP) is 4.83. The molecule has 1 unspecified atom stereocenters. The normalized spacial score (nSPS) is 12.4. The fourth-order valence-electron chi connectivity index (χ4n) is 2.04. The molecule has 1 N–H and O–H groups in total. The molecule has 0 fully saturated rings. The molecule has 1 atom stereocenters. The van der Waals surface area contributed by atoms with Crippen molar-refractivity contribution in [3.05, 3.63) is 69.5 Å². The fourth-order valence-corrected chi connectivity index (χ4v) is 2.47. The average Bonchev–Trinajstić information content (AvgIpc) is 2.40. The molecule has 0 spiro atoms. The molecule has 0 amide bonds. The summed E-state index contributed by atoms with van der Waals surface area (Å²) in [6, 6.07) is 12.1. The zero-order chi connectivity index (χ0) is 13.8. The molecule has 0 heterocycles. The molecular weight excluding hydrogens is 284 g/mol. The van der Waals surface area contributed by atoms with Gasteiger partial charge in [-0.15, -0.1) is 0 Å². The van der Waals surface area contributed by atoms with Gasteiger partial charge in [0.25, 0.3) is 0 Å². The number of hydrogen-bond acceptors (Lipinski definition) is 1. The third kappa shape index (κ3) is 3.27. The van der Waals surface area contributed by atoms with Crippen LogP contribution in [0.25, 0.3) is 0 Å². The zero-order valence-corrected chi connectivity index (χ0v) is 12.0. The van der Waals surface area contributed by atoms with E-state index in [0.29, 0.717) is 10.6 Å². The van der Waals surface area contributed by atoms with Gasteiger partial charge in [-0.2, -0.15) is 0 Å². The Kier molecular flexibility index (Phi) is 4.81. The summed E-state index contributed by atoms with van der Waals surface area (Å²) in [5, 5.41) is 4.09. The van der Waals surface area contributed by atoms with Crippen LogP contribution in [0.4, 0.5) is 4.39 Å². The molecule has 2 rings (SSSR count). The quantitative estimate of drug-likeness (QED) is 0.852. The first-order valence-electron chi connectivity index (χ1n) is 6.06. The lowest BCUT2D eigenvalue weighted by molar-refractivity contribution is 0.604. The number of hydrogen-bond donors (Lipinski definition) is 1. The van der Waals surface area contributed by atoms with Crippen LogP contribution in [-0.2, 0) is 0 Å². The fraction of sp³-hybridized carbons (Fsp3) is 0.200. The van der Waals surface area contributed by atoms with Gasteiger partial charge < -0.3 is 5.32 Å². The average molecular weight is 298 g/mol. The van der Waals surface area contributed by atoms with E-state index in [0.717, 1.165) is 12.1 Å². The van der Waals surface area contributed by atoms with Crippen molar-refractivity contribution >= 4 is 23.2 Å². The van der Waals surface area contributed by atoms with Crippen molar-refractivity contribution in [2.75, 3.05) is 6.54 Å². The highest BCUT2D eigenvalue weighted by molar-refractivity contribution is 6.31. The van der Waals surface area contributed by atoms with E-state index in [4.69, 9.17) is 23.2 Å². The Balaban J connectivity index is 2.48. The standard InChI is InChI=1S/C15H14Cl2FN/c1-2-19-15(10-5-3-6-11(16)9-10)12-7-4-8-13(18)14(12)17/h3-9,15,19H,2H2,1H3. The van der Waals surface area contributed by atoms with E-state index in [1.807, 2.05) is 31.2 Å². The zero-order valence-electron chi connectivity index (χ0n) is 10.5. The predicted molar refractivity (Wildman–Crippen MR) is 78.4 cm³/mol. The van der Waals surface area contributed by atoms with Gasteiger partial charge in [-0.25, -0.2) is 4.39 Å². The van der Waals surface area contributed by atoms with Gasteiger partial charge in [-0.05, 0) is 35.9 Å². The van der Waals surface area contributed by atoms with Crippen LogP contribution in [-0.4, -0.2) is 6.54 Å². The largest absolute Gasteiger partial charge is 0.306 e. The number of halogens is 3. The van der Waals surface area contributed by atoms with E-state index in [9.17, 15) is 4.39 Å². The molecule has 0 bridgehead atoms. The summed E-state index contributed by atoms with van der Waals surface area (Å²) in [6.45, 7) is 2.73. The van der Waals surface area contributed by atoms with Crippen LogP contribution in [0.2, 0.25) is 10.0 Å². The van der Waals surface area contributed by atoms with Crippen molar-refractivity contribution in [1.82, 2.24) is 5.32 Å². The van der Waals surface area contributed by atoms with Crippen molar-refractivity contribution in [2.45, 2.75) is 13.0 Å². The van der Waals surface area contributed by atoms with Crippen molar-refractivity contribution < 1.29 is 4.39 Å². The number of rotatable bonds is 4. The molecule has 0 aliphatic heterocycles. The maximum atomic E-state index is 13.6. The summed E-state index contributed by atoms with van der Waals surface area (Å²) >= 11 is 12.1. The van der Waals surface area contributed by atoms with Gasteiger partial charge in [-0.3, -0.25) is 0 Å². The van der Waals surface area contributed by atoms with Crippen molar-refractivity contribution in [3.8, 4) is 0 Å². The van der Waals surface area contributed by atoms with E-state index in [1.165, 1.54) is 6.07 Å². The first-order valence-corrected chi connectivity index (χ1v) is 6.81. The van der Waals surface area contributed by atoms with Gasteiger partial charge in [0.15, 0.2) is 0 Å². The molecule has 4 heteroatoms. The summed E-state index contributed by atoms with van der Waals surface area (Å²) in [4.78, 5) is 0. The minimum atomic E-state index is -0.413. The lowest BCUT2D eigenvalue weighted by atomic mass is 9.98. The minimum absolute atomic E-state index is 0.147. The maximum Gasteiger partial charge on any atom is 0.142 e. The van der Waals surface area contributed by atoms with E-state index in [1.54, 1.807) is 12.1 Å². The first kappa shape index (κ1) is 14.3. The van der Waals surface area contributed by atoms with Gasteiger partial charge >= 0.3 is 0 Å². The van der Waals surface area contributed by atoms with E-state index in [2.05, 4.69) is 5.32 Å². The molecule has 2 aromatic rings. The van der Waals surface area contributed by atoms with Crippen LogP contribution in [0, 0.1) is 5.82 Å². The summed E-state index contributed by atoms with van der Waals surface area (Å²) in [5.41, 5.74) is 1.67. The molecule has 1 nitrogen and oxygen atoms in total. The Bertz CT molecular complexity index is 572. The molecule has 0 saturated heterocycles. The minimum Gasteiger partial charge on any atom is -0.306 e. The maximum absolute atomic E-state index is 13.6. The van der Waals surface area contributed by atoms with E-state index in [-0.39, 0.29) is 11.1 Å². The Morgan fingerprint density at radius 3 is 2.58 bits per heavy atom. The summed E-state index contributed by atoms with van der Waals surface area (Å²) < 4.78 is 13.6. The summed E-state index contributed by atoms with van der Waals surface area (Å²) in [6.07, 6.45) is 0. The topological polar surface area (TPSA) is 12.0 Å². The molecule has 0 aliphatic carbocycles. The van der Waals surface area contributed by atoms with Crippen LogP contribution >= 0.6 is 23.2 Å². The second-order valence-corrected chi connectivity index (χ2v) is 5.00. The van der Waals surface area contributed by atoms with Crippen LogP contribution in [0.1, 0.15) is 24.1 Å². The lowest BCUT2D eigenvalue weighted by Crippen LogP contribution is -2.22. The van der Waals surface area contributed by atoms with Crippen LogP contribution in [0.5, 0.6) is 0 Å². The first-order chi connectivity index (χ1) is 9.13. The highest BCUT2D eigenvalue weighted by atomic mass is 35.5. The molecule has 0 radical (unpaired) electrons. The Labute approximate surface area is 122 Å². The molecular formula is C15H14Cl2FN.